The lowest BCUT2D eigenvalue weighted by molar-refractivity contribution is -0.0427. The van der Waals surface area contributed by atoms with Crippen LogP contribution in [-0.2, 0) is 4.74 Å². The molecule has 1 aliphatic rings. The van der Waals surface area contributed by atoms with Crippen LogP contribution in [0.2, 0.25) is 0 Å². The first kappa shape index (κ1) is 14.1. The van der Waals surface area contributed by atoms with E-state index in [1.54, 1.807) is 16.7 Å². The van der Waals surface area contributed by atoms with Gasteiger partial charge in [-0.1, -0.05) is 0 Å². The van der Waals surface area contributed by atoms with Crippen LogP contribution in [0.3, 0.4) is 0 Å². The van der Waals surface area contributed by atoms with Gasteiger partial charge in [0.05, 0.1) is 19.0 Å². The summed E-state index contributed by atoms with van der Waals surface area (Å²) >= 11 is 0. The summed E-state index contributed by atoms with van der Waals surface area (Å²) in [5.74, 6) is 1.25. The van der Waals surface area contributed by atoms with Gasteiger partial charge in [0.2, 0.25) is 0 Å². The van der Waals surface area contributed by atoms with Gasteiger partial charge in [0, 0.05) is 6.42 Å². The Kier molecular flexibility index (Phi) is 3.26. The van der Waals surface area contributed by atoms with Crippen LogP contribution in [0.15, 0.2) is 29.1 Å². The van der Waals surface area contributed by atoms with Crippen molar-refractivity contribution < 1.29 is 19.4 Å². The lowest BCUT2D eigenvalue weighted by Crippen LogP contribution is -2.24. The summed E-state index contributed by atoms with van der Waals surface area (Å²) in [6.45, 7) is -0.266. The van der Waals surface area contributed by atoms with E-state index in [1.807, 2.05) is 0 Å². The van der Waals surface area contributed by atoms with Crippen LogP contribution in [0.5, 0.6) is 0 Å². The van der Waals surface area contributed by atoms with E-state index in [-0.39, 0.29) is 12.4 Å². The number of imidazole rings is 1. The molecule has 3 aromatic rings. The number of fused-ring (bicyclic) bond motifs is 1. The summed E-state index contributed by atoms with van der Waals surface area (Å²) in [6, 6.07) is 3.51. The Balaban J connectivity index is 1.90. The monoisotopic (exact) mass is 317 g/mol. The van der Waals surface area contributed by atoms with Gasteiger partial charge in [0.15, 0.2) is 28.6 Å². The van der Waals surface area contributed by atoms with Crippen LogP contribution in [0.4, 0.5) is 5.82 Å². The molecule has 0 unspecified atom stereocenters. The van der Waals surface area contributed by atoms with Crippen molar-refractivity contribution in [3.05, 3.63) is 24.7 Å². The molecule has 0 amide bonds. The van der Waals surface area contributed by atoms with E-state index >= 15 is 0 Å². The minimum Gasteiger partial charge on any atom is -0.461 e. The summed E-state index contributed by atoms with van der Waals surface area (Å²) < 4.78 is 12.9. The molecular weight excluding hydrogens is 302 g/mol. The number of furan rings is 1. The molecule has 3 atom stereocenters. The number of anilines is 1. The molecule has 3 aromatic heterocycles. The van der Waals surface area contributed by atoms with Gasteiger partial charge in [-0.15, -0.1) is 0 Å². The van der Waals surface area contributed by atoms with Crippen LogP contribution in [0.1, 0.15) is 12.6 Å². The van der Waals surface area contributed by atoms with Crippen LogP contribution in [0.25, 0.3) is 22.7 Å². The molecule has 4 N–H and O–H groups in total. The number of nitrogens with zero attached hydrogens (tertiary/aromatic N) is 4. The van der Waals surface area contributed by atoms with Crippen LogP contribution >= 0.6 is 0 Å². The molecule has 0 aliphatic carbocycles. The first-order chi connectivity index (χ1) is 11.2. The van der Waals surface area contributed by atoms with E-state index in [2.05, 4.69) is 15.0 Å². The minimum atomic E-state index is -0.772. The van der Waals surface area contributed by atoms with Crippen molar-refractivity contribution in [3.8, 4) is 11.6 Å². The first-order valence-electron chi connectivity index (χ1n) is 7.15. The van der Waals surface area contributed by atoms with Gasteiger partial charge in [0.1, 0.15) is 18.7 Å². The second kappa shape index (κ2) is 5.30. The molecule has 9 nitrogen and oxygen atoms in total. The summed E-state index contributed by atoms with van der Waals surface area (Å²) in [7, 11) is 0. The molecule has 0 aromatic carbocycles. The molecule has 4 heterocycles. The Morgan fingerprint density at radius 3 is 2.96 bits per heavy atom. The third kappa shape index (κ3) is 2.17. The summed E-state index contributed by atoms with van der Waals surface area (Å²) in [6.07, 6.45) is 1.22. The van der Waals surface area contributed by atoms with E-state index in [4.69, 9.17) is 14.9 Å². The highest BCUT2D eigenvalue weighted by Crippen LogP contribution is 2.36. The van der Waals surface area contributed by atoms with Crippen molar-refractivity contribution in [1.82, 2.24) is 19.5 Å². The van der Waals surface area contributed by atoms with Gasteiger partial charge in [0.25, 0.3) is 0 Å². The highest BCUT2D eigenvalue weighted by Gasteiger charge is 2.37. The molecule has 4 rings (SSSR count). The zero-order valence-corrected chi connectivity index (χ0v) is 12.0. The number of aliphatic hydroxyl groups excluding tert-OH is 2. The SMILES string of the molecule is Nc1ncnc2c1nc(-c1ccco1)n2[C@H]1C[C@H](O)[C@@H](CO)O1. The average Bonchev–Trinajstić information content (AvgIpc) is 3.24. The maximum absolute atomic E-state index is 10.0. The maximum Gasteiger partial charge on any atom is 0.180 e. The number of nitrogen functional groups attached to an aromatic ring is 1. The van der Waals surface area contributed by atoms with Gasteiger partial charge in [-0.25, -0.2) is 15.0 Å². The molecule has 0 bridgehead atoms. The second-order valence-corrected chi connectivity index (χ2v) is 5.33. The zero-order chi connectivity index (χ0) is 16.0. The molecule has 0 radical (unpaired) electrons. The van der Waals surface area contributed by atoms with Crippen LogP contribution in [-0.4, -0.2) is 48.5 Å². The normalized spacial score (nSPS) is 24.5. The highest BCUT2D eigenvalue weighted by atomic mass is 16.5. The fourth-order valence-corrected chi connectivity index (χ4v) is 2.82. The van der Waals surface area contributed by atoms with Crippen molar-refractivity contribution in [3.63, 3.8) is 0 Å². The number of nitrogens with two attached hydrogens (primary N) is 1. The van der Waals surface area contributed by atoms with Gasteiger partial charge in [-0.05, 0) is 12.1 Å². The minimum absolute atomic E-state index is 0.249. The smallest absolute Gasteiger partial charge is 0.180 e. The van der Waals surface area contributed by atoms with Crippen LogP contribution < -0.4 is 5.73 Å². The third-order valence-corrected chi connectivity index (χ3v) is 3.92. The van der Waals surface area contributed by atoms with E-state index in [0.717, 1.165) is 0 Å². The molecule has 1 aliphatic heterocycles. The second-order valence-electron chi connectivity index (χ2n) is 5.33. The van der Waals surface area contributed by atoms with Crippen molar-refractivity contribution in [1.29, 1.82) is 0 Å². The molecular formula is C14H15N5O4. The molecule has 9 heteroatoms. The van der Waals surface area contributed by atoms with E-state index in [0.29, 0.717) is 29.2 Å². The number of hydrogen-bond acceptors (Lipinski definition) is 8. The topological polar surface area (TPSA) is 132 Å². The van der Waals surface area contributed by atoms with E-state index < -0.39 is 18.4 Å². The quantitative estimate of drug-likeness (QED) is 0.628. The Morgan fingerprint density at radius 2 is 2.26 bits per heavy atom. The largest absolute Gasteiger partial charge is 0.461 e. The number of rotatable bonds is 3. The Morgan fingerprint density at radius 1 is 1.39 bits per heavy atom. The molecule has 1 saturated heterocycles. The molecule has 120 valence electrons. The zero-order valence-electron chi connectivity index (χ0n) is 12.0. The lowest BCUT2D eigenvalue weighted by atomic mass is 10.2. The van der Waals surface area contributed by atoms with Gasteiger partial charge in [-0.2, -0.15) is 0 Å². The summed E-state index contributed by atoms with van der Waals surface area (Å²) in [5.41, 5.74) is 6.80. The van der Waals surface area contributed by atoms with Crippen molar-refractivity contribution in [2.45, 2.75) is 24.9 Å². The molecule has 1 fully saturated rings. The number of ether oxygens (including phenoxy) is 1. The molecule has 0 saturated carbocycles. The van der Waals surface area contributed by atoms with Crippen molar-refractivity contribution >= 4 is 17.0 Å². The Hall–Kier alpha value is -2.49. The van der Waals surface area contributed by atoms with E-state index in [9.17, 15) is 10.2 Å². The first-order valence-corrected chi connectivity index (χ1v) is 7.15. The Bertz CT molecular complexity index is 831. The number of aromatic nitrogens is 4. The third-order valence-electron chi connectivity index (χ3n) is 3.92. The van der Waals surface area contributed by atoms with Crippen molar-refractivity contribution in [2.24, 2.45) is 0 Å². The summed E-state index contributed by atoms with van der Waals surface area (Å²) in [5, 5.41) is 19.3. The summed E-state index contributed by atoms with van der Waals surface area (Å²) in [4.78, 5) is 12.7. The fraction of sp³-hybridized carbons (Fsp3) is 0.357. The van der Waals surface area contributed by atoms with Crippen molar-refractivity contribution in [2.75, 3.05) is 12.3 Å². The number of hydrogen-bond donors (Lipinski definition) is 3. The average molecular weight is 317 g/mol. The van der Waals surface area contributed by atoms with Gasteiger partial charge < -0.3 is 25.1 Å². The lowest BCUT2D eigenvalue weighted by Gasteiger charge is -2.15. The maximum atomic E-state index is 10.0. The Labute approximate surface area is 130 Å². The van der Waals surface area contributed by atoms with Gasteiger partial charge >= 0.3 is 0 Å². The van der Waals surface area contributed by atoms with E-state index in [1.165, 1.54) is 12.6 Å². The van der Waals surface area contributed by atoms with Gasteiger partial charge in [-0.3, -0.25) is 4.57 Å². The molecule has 23 heavy (non-hydrogen) atoms. The fourth-order valence-electron chi connectivity index (χ4n) is 2.82. The highest BCUT2D eigenvalue weighted by molar-refractivity contribution is 5.84. The predicted molar refractivity (Wildman–Crippen MR) is 79.1 cm³/mol. The molecule has 0 spiro atoms. The standard InChI is InChI=1S/C14H15N5O4/c15-12-11-14(17-6-16-12)19(10-4-7(21)9(5-20)23-10)13(18-11)8-2-1-3-22-8/h1-3,6-7,9-10,20-21H,4-5H2,(H2,15,16,17)/t7-,9+,10+/m0/s1. The van der Waals surface area contributed by atoms with Crippen LogP contribution in [0, 0.1) is 0 Å². The number of aliphatic hydroxyl groups is 2. The predicted octanol–water partition coefficient (Wildman–Crippen LogP) is 0.309.